The zero-order chi connectivity index (χ0) is 16.4. The number of benzene rings is 1. The number of likely N-dealkylation sites (N-methyl/N-ethyl adjacent to an activating group) is 1. The molecule has 0 heterocycles. The summed E-state index contributed by atoms with van der Waals surface area (Å²) in [5.41, 5.74) is 0.452. The van der Waals surface area contributed by atoms with E-state index in [4.69, 9.17) is 5.11 Å². The van der Waals surface area contributed by atoms with Gasteiger partial charge in [-0.1, -0.05) is 15.9 Å². The summed E-state index contributed by atoms with van der Waals surface area (Å²) in [7, 11) is -0.0843. The highest BCUT2D eigenvalue weighted by Crippen LogP contribution is 2.25. The van der Waals surface area contributed by atoms with Gasteiger partial charge in [0, 0.05) is 17.1 Å². The normalized spacial score (nSPS) is 13.4. The molecule has 2 N–H and O–H groups in total. The van der Waals surface area contributed by atoms with Crippen molar-refractivity contribution < 1.29 is 18.3 Å². The highest BCUT2D eigenvalue weighted by Gasteiger charge is 2.21. The molecule has 1 rings (SSSR count). The third-order valence-corrected chi connectivity index (χ3v) is 5.25. The molecule has 0 saturated heterocycles. The monoisotopic (exact) mass is 378 g/mol. The third-order valence-electron chi connectivity index (χ3n) is 2.85. The van der Waals surface area contributed by atoms with Gasteiger partial charge in [0.1, 0.15) is 0 Å². The van der Waals surface area contributed by atoms with Crippen molar-refractivity contribution >= 4 is 31.9 Å². The maximum absolute atomic E-state index is 12.3. The van der Waals surface area contributed by atoms with Gasteiger partial charge < -0.3 is 10.0 Å². The lowest BCUT2D eigenvalue weighted by Crippen LogP contribution is -2.39. The minimum atomic E-state index is -3.77. The number of hydrogen-bond donors (Lipinski definition) is 2. The molecule has 0 amide bonds. The van der Waals surface area contributed by atoms with Gasteiger partial charge in [0.25, 0.3) is 0 Å². The molecule has 1 aromatic carbocycles. The summed E-state index contributed by atoms with van der Waals surface area (Å²) < 4.78 is 27.6. The predicted octanol–water partition coefficient (Wildman–Crippen LogP) is 1.68. The van der Waals surface area contributed by atoms with Crippen molar-refractivity contribution in [2.45, 2.75) is 24.8 Å². The number of carboxylic acids is 1. The Bertz CT molecular complexity index is 644. The van der Waals surface area contributed by atoms with Crippen LogP contribution in [0.1, 0.15) is 22.8 Å². The number of aromatic carboxylic acids is 1. The Labute approximate surface area is 133 Å². The van der Waals surface area contributed by atoms with Crippen molar-refractivity contribution in [3.63, 3.8) is 0 Å². The molecule has 0 aliphatic carbocycles. The number of halogens is 1. The lowest BCUT2D eigenvalue weighted by molar-refractivity contribution is 0.0695. The lowest BCUT2D eigenvalue weighted by atomic mass is 10.1. The molecule has 0 saturated carbocycles. The first kappa shape index (κ1) is 18.1. The first-order valence-corrected chi connectivity index (χ1v) is 8.52. The zero-order valence-electron chi connectivity index (χ0n) is 12.3. The number of nitrogens with zero attached hydrogens (tertiary/aromatic N) is 1. The van der Waals surface area contributed by atoms with E-state index in [9.17, 15) is 13.2 Å². The number of sulfonamides is 1. The van der Waals surface area contributed by atoms with E-state index < -0.39 is 16.0 Å². The molecule has 0 spiro atoms. The molecule has 0 aliphatic heterocycles. The summed E-state index contributed by atoms with van der Waals surface area (Å²) in [5, 5.41) is 9.14. The topological polar surface area (TPSA) is 86.7 Å². The van der Waals surface area contributed by atoms with Crippen LogP contribution in [-0.4, -0.2) is 51.1 Å². The Morgan fingerprint density at radius 1 is 1.43 bits per heavy atom. The molecule has 6 nitrogen and oxygen atoms in total. The van der Waals surface area contributed by atoms with Gasteiger partial charge in [-0.3, -0.25) is 0 Å². The molecule has 0 fully saturated rings. The van der Waals surface area contributed by atoms with E-state index in [1.165, 1.54) is 12.1 Å². The summed E-state index contributed by atoms with van der Waals surface area (Å²) in [5.74, 6) is -1.16. The van der Waals surface area contributed by atoms with E-state index in [2.05, 4.69) is 20.7 Å². The van der Waals surface area contributed by atoms with Crippen molar-refractivity contribution in [3.05, 3.63) is 27.7 Å². The fourth-order valence-corrected chi connectivity index (χ4v) is 3.85. The molecular weight excluding hydrogens is 360 g/mol. The Balaban J connectivity index is 3.17. The van der Waals surface area contributed by atoms with Crippen molar-refractivity contribution in [1.29, 1.82) is 0 Å². The van der Waals surface area contributed by atoms with Gasteiger partial charge >= 0.3 is 5.97 Å². The van der Waals surface area contributed by atoms with E-state index >= 15 is 0 Å². The maximum atomic E-state index is 12.3. The largest absolute Gasteiger partial charge is 0.478 e. The number of hydrogen-bond acceptors (Lipinski definition) is 4. The summed E-state index contributed by atoms with van der Waals surface area (Å²) in [4.78, 5) is 13.0. The van der Waals surface area contributed by atoms with Gasteiger partial charge in [-0.2, -0.15) is 0 Å². The van der Waals surface area contributed by atoms with Crippen molar-refractivity contribution in [1.82, 2.24) is 9.62 Å². The van der Waals surface area contributed by atoms with Gasteiger partial charge in [0.2, 0.25) is 10.0 Å². The first-order chi connectivity index (χ1) is 9.54. The standard InChI is InChI=1S/C13H19BrN2O4S/c1-8(7-16(3)4)15-21(19,20)10-5-11(13(17)18)9(2)12(14)6-10/h5-6,8,15H,7H2,1-4H3,(H,17,18). The number of nitrogens with one attached hydrogen (secondary N) is 1. The number of carbonyl (C=O) groups is 1. The highest BCUT2D eigenvalue weighted by atomic mass is 79.9. The van der Waals surface area contributed by atoms with Crippen LogP contribution in [0.5, 0.6) is 0 Å². The van der Waals surface area contributed by atoms with Crippen LogP contribution in [0.4, 0.5) is 0 Å². The molecule has 118 valence electrons. The summed E-state index contributed by atoms with van der Waals surface area (Å²) in [6.07, 6.45) is 0. The average molecular weight is 379 g/mol. The molecular formula is C13H19BrN2O4S. The summed E-state index contributed by atoms with van der Waals surface area (Å²) in [6, 6.07) is 2.29. The van der Waals surface area contributed by atoms with E-state index in [0.717, 1.165) is 0 Å². The minimum Gasteiger partial charge on any atom is -0.478 e. The van der Waals surface area contributed by atoms with Gasteiger partial charge in [0.05, 0.1) is 10.5 Å². The third kappa shape index (κ3) is 4.77. The van der Waals surface area contributed by atoms with Gasteiger partial charge in [-0.25, -0.2) is 17.9 Å². The molecule has 0 bridgehead atoms. The molecule has 1 atom stereocenters. The van der Waals surface area contributed by atoms with Crippen LogP contribution < -0.4 is 4.72 Å². The Morgan fingerprint density at radius 3 is 2.48 bits per heavy atom. The van der Waals surface area contributed by atoms with Gasteiger partial charge in [-0.15, -0.1) is 0 Å². The predicted molar refractivity (Wildman–Crippen MR) is 84.2 cm³/mol. The van der Waals surface area contributed by atoms with Crippen LogP contribution in [-0.2, 0) is 10.0 Å². The Hall–Kier alpha value is -0.960. The summed E-state index contributed by atoms with van der Waals surface area (Å²) in [6.45, 7) is 3.91. The van der Waals surface area contributed by atoms with Crippen LogP contribution in [0.2, 0.25) is 0 Å². The second kappa shape index (κ2) is 6.87. The second-order valence-corrected chi connectivity index (χ2v) is 7.74. The van der Waals surface area contributed by atoms with Gasteiger partial charge in [-0.05, 0) is 45.6 Å². The zero-order valence-corrected chi connectivity index (χ0v) is 14.7. The van der Waals surface area contributed by atoms with Crippen LogP contribution >= 0.6 is 15.9 Å². The SMILES string of the molecule is Cc1c(Br)cc(S(=O)(=O)NC(C)CN(C)C)cc1C(=O)O. The first-order valence-electron chi connectivity index (χ1n) is 6.25. The maximum Gasteiger partial charge on any atom is 0.336 e. The van der Waals surface area contributed by atoms with Crippen LogP contribution in [0.15, 0.2) is 21.5 Å². The average Bonchev–Trinajstić information content (AvgIpc) is 2.29. The van der Waals surface area contributed by atoms with Crippen molar-refractivity contribution in [2.75, 3.05) is 20.6 Å². The molecule has 0 aliphatic rings. The molecule has 21 heavy (non-hydrogen) atoms. The van der Waals surface area contributed by atoms with Crippen LogP contribution in [0.3, 0.4) is 0 Å². The minimum absolute atomic E-state index is 0.0370. The fourth-order valence-electron chi connectivity index (χ4n) is 1.95. The van der Waals surface area contributed by atoms with E-state index in [0.29, 0.717) is 16.6 Å². The second-order valence-electron chi connectivity index (χ2n) is 5.17. The lowest BCUT2D eigenvalue weighted by Gasteiger charge is -2.19. The number of carboxylic acid groups (broad SMARTS) is 1. The smallest absolute Gasteiger partial charge is 0.336 e. The number of rotatable bonds is 6. The van der Waals surface area contributed by atoms with E-state index in [1.54, 1.807) is 13.8 Å². The molecule has 8 heteroatoms. The van der Waals surface area contributed by atoms with Crippen molar-refractivity contribution in [2.24, 2.45) is 0 Å². The molecule has 0 aromatic heterocycles. The summed E-state index contributed by atoms with van der Waals surface area (Å²) >= 11 is 3.20. The van der Waals surface area contributed by atoms with E-state index in [-0.39, 0.29) is 16.5 Å². The quantitative estimate of drug-likeness (QED) is 0.786. The molecule has 1 unspecified atom stereocenters. The fraction of sp³-hybridized carbons (Fsp3) is 0.462. The Kier molecular flexibility index (Phi) is 5.92. The van der Waals surface area contributed by atoms with Crippen molar-refractivity contribution in [3.8, 4) is 0 Å². The van der Waals surface area contributed by atoms with Gasteiger partial charge in [0.15, 0.2) is 0 Å². The molecule has 1 aromatic rings. The Morgan fingerprint density at radius 2 is 2.00 bits per heavy atom. The van der Waals surface area contributed by atoms with Crippen LogP contribution in [0.25, 0.3) is 0 Å². The van der Waals surface area contributed by atoms with Crippen LogP contribution in [0, 0.1) is 6.92 Å². The highest BCUT2D eigenvalue weighted by molar-refractivity contribution is 9.10. The molecule has 0 radical (unpaired) electrons. The van der Waals surface area contributed by atoms with E-state index in [1.807, 2.05) is 19.0 Å².